The lowest BCUT2D eigenvalue weighted by Gasteiger charge is -2.34. The van der Waals surface area contributed by atoms with E-state index >= 15 is 0 Å². The molecule has 1 aromatic rings. The van der Waals surface area contributed by atoms with Crippen LogP contribution in [0.5, 0.6) is 0 Å². The molecule has 0 radical (unpaired) electrons. The zero-order chi connectivity index (χ0) is 14.7. The van der Waals surface area contributed by atoms with Crippen molar-refractivity contribution in [3.63, 3.8) is 0 Å². The highest BCUT2D eigenvalue weighted by Gasteiger charge is 2.20. The van der Waals surface area contributed by atoms with Gasteiger partial charge < -0.3 is 4.90 Å². The van der Waals surface area contributed by atoms with Gasteiger partial charge in [-0.05, 0) is 49.4 Å². The largest absolute Gasteiger partial charge is 0.301 e. The molecule has 0 bridgehead atoms. The summed E-state index contributed by atoms with van der Waals surface area (Å²) in [7, 11) is 0. The maximum absolute atomic E-state index is 12.5. The molecule has 0 unspecified atom stereocenters. The van der Waals surface area contributed by atoms with E-state index in [0.717, 1.165) is 38.2 Å². The Morgan fingerprint density at radius 1 is 1.05 bits per heavy atom. The first-order valence-electron chi connectivity index (χ1n) is 8.36. The molecule has 1 heterocycles. The standard InChI is InChI=1S/C18H26N2O/c1-2-8-19-9-11-20(12-10-19)14-18(21)17-7-6-15-4-3-5-16(15)13-17/h6-7,13H,2-5,8-12,14H2,1H3. The molecular weight excluding hydrogens is 260 g/mol. The van der Waals surface area contributed by atoms with Gasteiger partial charge in [-0.25, -0.2) is 0 Å². The van der Waals surface area contributed by atoms with Crippen molar-refractivity contribution >= 4 is 5.78 Å². The van der Waals surface area contributed by atoms with Crippen molar-refractivity contribution in [3.05, 3.63) is 34.9 Å². The number of piperazine rings is 1. The monoisotopic (exact) mass is 286 g/mol. The number of benzene rings is 1. The van der Waals surface area contributed by atoms with Crippen LogP contribution in [0.2, 0.25) is 0 Å². The van der Waals surface area contributed by atoms with Gasteiger partial charge in [-0.3, -0.25) is 9.69 Å². The number of carbonyl (C=O) groups is 1. The molecule has 3 rings (SSSR count). The molecule has 0 atom stereocenters. The van der Waals surface area contributed by atoms with Crippen LogP contribution in [-0.4, -0.2) is 54.9 Å². The van der Waals surface area contributed by atoms with Crippen LogP contribution in [-0.2, 0) is 12.8 Å². The molecule has 114 valence electrons. The van der Waals surface area contributed by atoms with Crippen LogP contribution in [0.4, 0.5) is 0 Å². The van der Waals surface area contributed by atoms with E-state index in [4.69, 9.17) is 0 Å². The van der Waals surface area contributed by atoms with Crippen LogP contribution in [0.3, 0.4) is 0 Å². The number of rotatable bonds is 5. The summed E-state index contributed by atoms with van der Waals surface area (Å²) in [4.78, 5) is 17.3. The Balaban J connectivity index is 1.55. The average molecular weight is 286 g/mol. The summed E-state index contributed by atoms with van der Waals surface area (Å²) in [6.45, 7) is 8.25. The van der Waals surface area contributed by atoms with E-state index in [-0.39, 0.29) is 5.78 Å². The SMILES string of the molecule is CCCN1CCN(CC(=O)c2ccc3c(c2)CCC3)CC1. The van der Waals surface area contributed by atoms with E-state index in [0.29, 0.717) is 6.54 Å². The van der Waals surface area contributed by atoms with Crippen LogP contribution in [0.15, 0.2) is 18.2 Å². The van der Waals surface area contributed by atoms with E-state index < -0.39 is 0 Å². The third kappa shape index (κ3) is 3.53. The first-order valence-corrected chi connectivity index (χ1v) is 8.36. The summed E-state index contributed by atoms with van der Waals surface area (Å²) in [5.74, 6) is 0.286. The molecule has 1 aliphatic heterocycles. The van der Waals surface area contributed by atoms with Gasteiger partial charge in [0.1, 0.15) is 0 Å². The summed E-state index contributed by atoms with van der Waals surface area (Å²) in [6, 6.07) is 6.33. The van der Waals surface area contributed by atoms with Crippen molar-refractivity contribution in [3.8, 4) is 0 Å². The quantitative estimate of drug-likeness (QED) is 0.777. The summed E-state index contributed by atoms with van der Waals surface area (Å²) in [5, 5.41) is 0. The van der Waals surface area contributed by atoms with E-state index in [1.165, 1.54) is 36.9 Å². The molecule has 0 N–H and O–H groups in total. The number of fused-ring (bicyclic) bond motifs is 1. The van der Waals surface area contributed by atoms with Crippen molar-refractivity contribution in [2.24, 2.45) is 0 Å². The summed E-state index contributed by atoms with van der Waals surface area (Å²) >= 11 is 0. The lowest BCUT2D eigenvalue weighted by molar-refractivity contribution is 0.0853. The minimum absolute atomic E-state index is 0.286. The highest BCUT2D eigenvalue weighted by Crippen LogP contribution is 2.23. The van der Waals surface area contributed by atoms with E-state index in [9.17, 15) is 4.79 Å². The zero-order valence-electron chi connectivity index (χ0n) is 13.1. The highest BCUT2D eigenvalue weighted by molar-refractivity contribution is 5.97. The van der Waals surface area contributed by atoms with Gasteiger partial charge in [0.15, 0.2) is 5.78 Å². The fraction of sp³-hybridized carbons (Fsp3) is 0.611. The Hall–Kier alpha value is -1.19. The maximum atomic E-state index is 12.5. The lowest BCUT2D eigenvalue weighted by atomic mass is 10.0. The van der Waals surface area contributed by atoms with Crippen molar-refractivity contribution in [2.45, 2.75) is 32.6 Å². The Morgan fingerprint density at radius 3 is 2.52 bits per heavy atom. The molecule has 1 saturated heterocycles. The number of aryl methyl sites for hydroxylation is 2. The molecule has 0 saturated carbocycles. The van der Waals surface area contributed by atoms with E-state index in [2.05, 4.69) is 28.9 Å². The first kappa shape index (κ1) is 14.7. The number of carbonyl (C=O) groups excluding carboxylic acids is 1. The van der Waals surface area contributed by atoms with Crippen LogP contribution in [0.25, 0.3) is 0 Å². The second-order valence-electron chi connectivity index (χ2n) is 6.38. The molecule has 3 nitrogen and oxygen atoms in total. The number of Topliss-reactive ketones (excluding diaryl/α,β-unsaturated/α-hetero) is 1. The molecule has 1 fully saturated rings. The number of ketones is 1. The minimum Gasteiger partial charge on any atom is -0.301 e. The Labute approximate surface area is 127 Å². The van der Waals surface area contributed by atoms with Gasteiger partial charge in [0.25, 0.3) is 0 Å². The average Bonchev–Trinajstić information content (AvgIpc) is 2.97. The summed E-state index contributed by atoms with van der Waals surface area (Å²) in [6.07, 6.45) is 4.79. The van der Waals surface area contributed by atoms with Gasteiger partial charge >= 0.3 is 0 Å². The number of nitrogens with zero attached hydrogens (tertiary/aromatic N) is 2. The second kappa shape index (κ2) is 6.71. The van der Waals surface area contributed by atoms with Gasteiger partial charge in [-0.1, -0.05) is 19.1 Å². The minimum atomic E-state index is 0.286. The van der Waals surface area contributed by atoms with Gasteiger partial charge in [0, 0.05) is 31.7 Å². The summed E-state index contributed by atoms with van der Waals surface area (Å²) in [5.41, 5.74) is 3.75. The normalized spacial score (nSPS) is 19.7. The van der Waals surface area contributed by atoms with Crippen molar-refractivity contribution < 1.29 is 4.79 Å². The van der Waals surface area contributed by atoms with Crippen molar-refractivity contribution in [1.29, 1.82) is 0 Å². The van der Waals surface area contributed by atoms with Crippen molar-refractivity contribution in [1.82, 2.24) is 9.80 Å². The Bertz CT molecular complexity index is 504. The van der Waals surface area contributed by atoms with Gasteiger partial charge in [-0.2, -0.15) is 0 Å². The molecule has 0 aromatic heterocycles. The number of hydrogen-bond acceptors (Lipinski definition) is 3. The third-order valence-corrected chi connectivity index (χ3v) is 4.79. The van der Waals surface area contributed by atoms with Crippen molar-refractivity contribution in [2.75, 3.05) is 39.3 Å². The predicted molar refractivity (Wildman–Crippen MR) is 86.0 cm³/mol. The van der Waals surface area contributed by atoms with E-state index in [1.807, 2.05) is 6.07 Å². The smallest absolute Gasteiger partial charge is 0.176 e. The van der Waals surface area contributed by atoms with Crippen LogP contribution < -0.4 is 0 Å². The fourth-order valence-electron chi connectivity index (χ4n) is 3.53. The van der Waals surface area contributed by atoms with Gasteiger partial charge in [0.05, 0.1) is 6.54 Å². The fourth-order valence-corrected chi connectivity index (χ4v) is 3.53. The number of hydrogen-bond donors (Lipinski definition) is 0. The Kier molecular flexibility index (Phi) is 4.71. The maximum Gasteiger partial charge on any atom is 0.176 e. The first-order chi connectivity index (χ1) is 10.3. The molecule has 21 heavy (non-hydrogen) atoms. The van der Waals surface area contributed by atoms with Crippen LogP contribution >= 0.6 is 0 Å². The molecule has 2 aliphatic rings. The van der Waals surface area contributed by atoms with Gasteiger partial charge in [0.2, 0.25) is 0 Å². The zero-order valence-corrected chi connectivity index (χ0v) is 13.1. The third-order valence-electron chi connectivity index (χ3n) is 4.79. The van der Waals surface area contributed by atoms with E-state index in [1.54, 1.807) is 0 Å². The van der Waals surface area contributed by atoms with Crippen LogP contribution in [0, 0.1) is 0 Å². The molecular formula is C18H26N2O. The molecule has 0 spiro atoms. The highest BCUT2D eigenvalue weighted by atomic mass is 16.1. The molecule has 3 heteroatoms. The van der Waals surface area contributed by atoms with Crippen LogP contribution in [0.1, 0.15) is 41.3 Å². The predicted octanol–water partition coefficient (Wildman–Crippen LogP) is 2.39. The van der Waals surface area contributed by atoms with Gasteiger partial charge in [-0.15, -0.1) is 0 Å². The summed E-state index contributed by atoms with van der Waals surface area (Å²) < 4.78 is 0. The molecule has 1 aromatic carbocycles. The topological polar surface area (TPSA) is 23.6 Å². The second-order valence-corrected chi connectivity index (χ2v) is 6.38. The lowest BCUT2D eigenvalue weighted by Crippen LogP contribution is -2.47. The molecule has 0 amide bonds. The molecule has 1 aliphatic carbocycles. The Morgan fingerprint density at radius 2 is 1.76 bits per heavy atom.